The molecule has 0 atom stereocenters. The van der Waals surface area contributed by atoms with E-state index in [2.05, 4.69) is 41.0 Å². The van der Waals surface area contributed by atoms with Crippen LogP contribution in [0.5, 0.6) is 0 Å². The molecule has 0 N–H and O–H groups in total. The predicted molar refractivity (Wildman–Crippen MR) is 182 cm³/mol. The molecule has 0 aliphatic carbocycles. The zero-order valence-corrected chi connectivity index (χ0v) is 24.4. The van der Waals surface area contributed by atoms with Crippen molar-refractivity contribution < 1.29 is 4.42 Å². The number of benzene rings is 6. The van der Waals surface area contributed by atoms with Crippen molar-refractivity contribution in [2.45, 2.75) is 0 Å². The van der Waals surface area contributed by atoms with Crippen LogP contribution >= 0.6 is 0 Å². The molecule has 0 fully saturated rings. The summed E-state index contributed by atoms with van der Waals surface area (Å²) >= 11 is 0. The number of rotatable bonds is 4. The smallest absolute Gasteiger partial charge is 0.165 e. The lowest BCUT2D eigenvalue weighted by Gasteiger charge is -2.12. The highest BCUT2D eigenvalue weighted by molar-refractivity contribution is 6.27. The number of hydrogen-bond donors (Lipinski definition) is 0. The molecule has 46 heavy (non-hydrogen) atoms. The molecule has 9 rings (SSSR count). The maximum Gasteiger partial charge on any atom is 0.165 e. The molecule has 0 spiro atoms. The average Bonchev–Trinajstić information content (AvgIpc) is 3.67. The van der Waals surface area contributed by atoms with Gasteiger partial charge >= 0.3 is 0 Å². The van der Waals surface area contributed by atoms with Crippen molar-refractivity contribution in [3.05, 3.63) is 145 Å². The molecular weight excluding hydrogens is 566 g/mol. The van der Waals surface area contributed by atoms with Gasteiger partial charge in [-0.05, 0) is 42.5 Å². The van der Waals surface area contributed by atoms with E-state index < -0.39 is 0 Å². The summed E-state index contributed by atoms with van der Waals surface area (Å²) in [5.41, 5.74) is 7.54. The van der Waals surface area contributed by atoms with Crippen LogP contribution in [-0.4, -0.2) is 19.5 Å². The first-order chi connectivity index (χ1) is 22.8. The lowest BCUT2D eigenvalue weighted by molar-refractivity contribution is 0.669. The summed E-state index contributed by atoms with van der Waals surface area (Å²) in [6.07, 6.45) is 0. The number of aromatic nitrogens is 4. The van der Waals surface area contributed by atoms with E-state index >= 15 is 0 Å². The lowest BCUT2D eigenvalue weighted by atomic mass is 10.1. The van der Waals surface area contributed by atoms with Crippen LogP contribution in [0.2, 0.25) is 0 Å². The largest absolute Gasteiger partial charge is 0.456 e. The molecule has 3 heterocycles. The number of nitrogens with zero attached hydrogens (tertiary/aromatic N) is 5. The second-order valence-corrected chi connectivity index (χ2v) is 11.2. The maximum absolute atomic E-state index is 10.5. The van der Waals surface area contributed by atoms with E-state index in [9.17, 15) is 5.26 Å². The Bertz CT molecular complexity index is 2590. The van der Waals surface area contributed by atoms with Gasteiger partial charge < -0.3 is 8.98 Å². The third-order valence-electron chi connectivity index (χ3n) is 8.50. The Labute approximate surface area is 263 Å². The molecule has 0 bridgehead atoms. The maximum atomic E-state index is 10.5. The molecule has 9 aromatic rings. The third-order valence-corrected chi connectivity index (χ3v) is 8.50. The van der Waals surface area contributed by atoms with Gasteiger partial charge in [0.05, 0.1) is 22.7 Å². The molecule has 6 nitrogen and oxygen atoms in total. The van der Waals surface area contributed by atoms with Gasteiger partial charge in [0, 0.05) is 43.9 Å². The highest BCUT2D eigenvalue weighted by atomic mass is 16.3. The van der Waals surface area contributed by atoms with Crippen LogP contribution < -0.4 is 0 Å². The number of nitriles is 1. The molecule has 3 aromatic heterocycles. The summed E-state index contributed by atoms with van der Waals surface area (Å²) in [7, 11) is 0. The third kappa shape index (κ3) is 4.00. The SMILES string of the molecule is N#Cc1cc(-n2c3ccccc3c3c4c(ccc32)oc2ccccc24)ccc1-c1nc(-c2ccccc2)nc(-c2ccccc2)n1. The summed E-state index contributed by atoms with van der Waals surface area (Å²) in [5.74, 6) is 1.55. The van der Waals surface area contributed by atoms with E-state index in [-0.39, 0.29) is 0 Å². The van der Waals surface area contributed by atoms with Crippen LogP contribution in [-0.2, 0) is 0 Å². The fraction of sp³-hybridized carbons (Fsp3) is 0. The molecule has 6 aromatic carbocycles. The molecule has 0 aliphatic heterocycles. The van der Waals surface area contributed by atoms with Gasteiger partial charge in [-0.25, -0.2) is 15.0 Å². The molecule has 0 saturated heterocycles. The summed E-state index contributed by atoms with van der Waals surface area (Å²) in [6.45, 7) is 0. The van der Waals surface area contributed by atoms with Gasteiger partial charge in [-0.2, -0.15) is 5.26 Å². The Morgan fingerprint density at radius 3 is 1.87 bits per heavy atom. The molecule has 214 valence electrons. The van der Waals surface area contributed by atoms with E-state index in [0.717, 1.165) is 60.6 Å². The summed E-state index contributed by atoms with van der Waals surface area (Å²) in [4.78, 5) is 14.5. The first-order valence-electron chi connectivity index (χ1n) is 15.0. The van der Waals surface area contributed by atoms with Crippen molar-refractivity contribution in [2.24, 2.45) is 0 Å². The monoisotopic (exact) mass is 589 g/mol. The number of hydrogen-bond acceptors (Lipinski definition) is 5. The molecule has 6 heteroatoms. The van der Waals surface area contributed by atoms with E-state index in [1.807, 2.05) is 109 Å². The first kappa shape index (κ1) is 25.9. The molecule has 0 amide bonds. The van der Waals surface area contributed by atoms with Gasteiger partial charge in [-0.1, -0.05) is 97.1 Å². The summed E-state index contributed by atoms with van der Waals surface area (Å²) in [5, 5.41) is 14.9. The minimum absolute atomic E-state index is 0.449. The van der Waals surface area contributed by atoms with Crippen molar-refractivity contribution in [2.75, 3.05) is 0 Å². The Balaban J connectivity index is 1.27. The molecule has 0 saturated carbocycles. The highest BCUT2D eigenvalue weighted by Gasteiger charge is 2.20. The highest BCUT2D eigenvalue weighted by Crippen LogP contribution is 2.41. The van der Waals surface area contributed by atoms with E-state index in [0.29, 0.717) is 28.6 Å². The number of para-hydroxylation sites is 2. The average molecular weight is 590 g/mol. The Hall–Kier alpha value is -6.58. The minimum Gasteiger partial charge on any atom is -0.456 e. The Kier molecular flexibility index (Phi) is 5.77. The van der Waals surface area contributed by atoms with Gasteiger partial charge in [0.1, 0.15) is 11.2 Å². The number of fused-ring (bicyclic) bond motifs is 7. The normalized spacial score (nSPS) is 11.5. The van der Waals surface area contributed by atoms with Crippen LogP contribution in [0.3, 0.4) is 0 Å². The molecule has 0 unspecified atom stereocenters. The van der Waals surface area contributed by atoms with Crippen LogP contribution in [0.15, 0.2) is 144 Å². The standard InChI is InChI=1S/C40H23N5O/c41-24-27-23-28(19-20-29(27)40-43-38(25-11-3-1-4-12-25)42-39(44-40)26-13-5-2-6-14-26)45-32-17-9-7-15-30(32)36-33(45)21-22-35-37(36)31-16-8-10-18-34(31)46-35/h1-23H. The summed E-state index contributed by atoms with van der Waals surface area (Å²) in [6, 6.07) is 48.7. The quantitative estimate of drug-likeness (QED) is 0.204. The molecule has 0 radical (unpaired) electrons. The zero-order valence-electron chi connectivity index (χ0n) is 24.4. The van der Waals surface area contributed by atoms with Crippen LogP contribution in [0.4, 0.5) is 0 Å². The summed E-state index contributed by atoms with van der Waals surface area (Å²) < 4.78 is 8.45. The fourth-order valence-corrected chi connectivity index (χ4v) is 6.44. The van der Waals surface area contributed by atoms with E-state index in [1.165, 1.54) is 0 Å². The van der Waals surface area contributed by atoms with Crippen molar-refractivity contribution in [3.63, 3.8) is 0 Å². The van der Waals surface area contributed by atoms with Gasteiger partial charge in [0.2, 0.25) is 0 Å². The second kappa shape index (κ2) is 10.3. The Morgan fingerprint density at radius 1 is 0.522 bits per heavy atom. The van der Waals surface area contributed by atoms with Gasteiger partial charge in [-0.3, -0.25) is 0 Å². The van der Waals surface area contributed by atoms with E-state index in [1.54, 1.807) is 0 Å². The topological polar surface area (TPSA) is 80.5 Å². The van der Waals surface area contributed by atoms with Crippen LogP contribution in [0.1, 0.15) is 5.56 Å². The van der Waals surface area contributed by atoms with Crippen molar-refractivity contribution in [1.82, 2.24) is 19.5 Å². The van der Waals surface area contributed by atoms with Gasteiger partial charge in [0.25, 0.3) is 0 Å². The Morgan fingerprint density at radius 2 is 1.15 bits per heavy atom. The van der Waals surface area contributed by atoms with Crippen molar-refractivity contribution in [3.8, 4) is 45.9 Å². The second-order valence-electron chi connectivity index (χ2n) is 11.2. The molecule has 0 aliphatic rings. The van der Waals surface area contributed by atoms with Crippen LogP contribution in [0, 0.1) is 11.3 Å². The zero-order chi connectivity index (χ0) is 30.6. The van der Waals surface area contributed by atoms with Crippen molar-refractivity contribution >= 4 is 43.7 Å². The van der Waals surface area contributed by atoms with Crippen LogP contribution in [0.25, 0.3) is 83.6 Å². The fourth-order valence-electron chi connectivity index (χ4n) is 6.44. The number of furan rings is 1. The van der Waals surface area contributed by atoms with Gasteiger partial charge in [0.15, 0.2) is 17.5 Å². The first-order valence-corrected chi connectivity index (χ1v) is 15.0. The lowest BCUT2D eigenvalue weighted by Crippen LogP contribution is -2.02. The van der Waals surface area contributed by atoms with E-state index in [4.69, 9.17) is 19.4 Å². The van der Waals surface area contributed by atoms with Crippen molar-refractivity contribution in [1.29, 1.82) is 5.26 Å². The predicted octanol–water partition coefficient (Wildman–Crippen LogP) is 9.74. The minimum atomic E-state index is 0.449. The van der Waals surface area contributed by atoms with Gasteiger partial charge in [-0.15, -0.1) is 0 Å². The molecular formula is C40H23N5O.